The zero-order valence-corrected chi connectivity index (χ0v) is 11.6. The lowest BCUT2D eigenvalue weighted by Gasteiger charge is -2.30. The molecule has 0 aromatic heterocycles. The molecule has 2 heterocycles. The van der Waals surface area contributed by atoms with Crippen molar-refractivity contribution in [3.05, 3.63) is 0 Å². The van der Waals surface area contributed by atoms with Crippen LogP contribution in [-0.4, -0.2) is 55.5 Å². The molecule has 2 fully saturated rings. The lowest BCUT2D eigenvalue weighted by Crippen LogP contribution is -2.37. The predicted molar refractivity (Wildman–Crippen MR) is 73.4 cm³/mol. The molecule has 0 aromatic rings. The van der Waals surface area contributed by atoms with Gasteiger partial charge in [0.1, 0.15) is 0 Å². The molecule has 0 unspecified atom stereocenters. The summed E-state index contributed by atoms with van der Waals surface area (Å²) >= 11 is 0. The molecule has 2 rings (SSSR count). The van der Waals surface area contributed by atoms with Gasteiger partial charge in [0.2, 0.25) is 0 Å². The summed E-state index contributed by atoms with van der Waals surface area (Å²) in [5.41, 5.74) is 0. The number of nitrogens with one attached hydrogen (secondary N) is 1. The summed E-state index contributed by atoms with van der Waals surface area (Å²) in [6.45, 7) is 5.36. The molecule has 2 aliphatic heterocycles. The van der Waals surface area contributed by atoms with Gasteiger partial charge in [-0.3, -0.25) is 0 Å². The van der Waals surface area contributed by atoms with Crippen LogP contribution in [0.4, 0.5) is 4.79 Å². The average molecular weight is 270 g/mol. The molecule has 5 heteroatoms. The Hall–Kier alpha value is -0.810. The van der Waals surface area contributed by atoms with Crippen molar-refractivity contribution in [3.63, 3.8) is 0 Å². The number of hydrogen-bond acceptors (Lipinski definition) is 3. The zero-order chi connectivity index (χ0) is 13.5. The number of nitrogens with zero attached hydrogens (tertiary/aromatic N) is 1. The van der Waals surface area contributed by atoms with Gasteiger partial charge in [0.25, 0.3) is 0 Å². The van der Waals surface area contributed by atoms with Crippen LogP contribution in [0.2, 0.25) is 0 Å². The quantitative estimate of drug-likeness (QED) is 0.748. The van der Waals surface area contributed by atoms with Gasteiger partial charge in [-0.15, -0.1) is 0 Å². The van der Waals surface area contributed by atoms with Crippen molar-refractivity contribution in [1.29, 1.82) is 0 Å². The largest absolute Gasteiger partial charge is 0.465 e. The minimum atomic E-state index is -0.777. The van der Waals surface area contributed by atoms with Crippen LogP contribution in [0.1, 0.15) is 32.1 Å². The van der Waals surface area contributed by atoms with Gasteiger partial charge in [-0.05, 0) is 57.0 Å². The van der Waals surface area contributed by atoms with Crippen molar-refractivity contribution in [3.8, 4) is 0 Å². The third-order valence-corrected chi connectivity index (χ3v) is 4.37. The fraction of sp³-hybridized carbons (Fsp3) is 0.929. The van der Waals surface area contributed by atoms with E-state index in [2.05, 4.69) is 5.32 Å². The van der Waals surface area contributed by atoms with E-state index in [-0.39, 0.29) is 0 Å². The molecule has 0 atom stereocenters. The fourth-order valence-corrected chi connectivity index (χ4v) is 2.96. The smallest absolute Gasteiger partial charge is 0.407 e. The van der Waals surface area contributed by atoms with Crippen molar-refractivity contribution in [2.24, 2.45) is 11.8 Å². The lowest BCUT2D eigenvalue weighted by molar-refractivity contribution is 0.0683. The average Bonchev–Trinajstić information content (AvgIpc) is 2.45. The standard InChI is InChI=1S/C14H26N2O3/c17-14(18)16-8-3-12(4-9-16)5-10-19-11-13-1-6-15-7-2-13/h12-13,15H,1-11H2,(H,17,18). The summed E-state index contributed by atoms with van der Waals surface area (Å²) in [6, 6.07) is 0. The monoisotopic (exact) mass is 270 g/mol. The zero-order valence-electron chi connectivity index (χ0n) is 11.6. The highest BCUT2D eigenvalue weighted by molar-refractivity contribution is 5.64. The topological polar surface area (TPSA) is 61.8 Å². The van der Waals surface area contributed by atoms with Crippen LogP contribution < -0.4 is 5.32 Å². The summed E-state index contributed by atoms with van der Waals surface area (Å²) in [5.74, 6) is 1.37. The van der Waals surface area contributed by atoms with E-state index in [1.807, 2.05) is 0 Å². The molecule has 0 spiro atoms. The maximum absolute atomic E-state index is 10.8. The van der Waals surface area contributed by atoms with Gasteiger partial charge in [0.15, 0.2) is 0 Å². The molecule has 110 valence electrons. The number of rotatable bonds is 5. The highest BCUT2D eigenvalue weighted by Crippen LogP contribution is 2.21. The van der Waals surface area contributed by atoms with Gasteiger partial charge in [0.05, 0.1) is 0 Å². The van der Waals surface area contributed by atoms with E-state index in [0.29, 0.717) is 19.0 Å². The minimum Gasteiger partial charge on any atom is -0.465 e. The number of hydrogen-bond donors (Lipinski definition) is 2. The van der Waals surface area contributed by atoms with E-state index in [9.17, 15) is 4.79 Å². The van der Waals surface area contributed by atoms with E-state index in [4.69, 9.17) is 9.84 Å². The molecular formula is C14H26N2O3. The van der Waals surface area contributed by atoms with Gasteiger partial charge in [-0.1, -0.05) is 0 Å². The maximum Gasteiger partial charge on any atom is 0.407 e. The highest BCUT2D eigenvalue weighted by atomic mass is 16.5. The summed E-state index contributed by atoms with van der Waals surface area (Å²) in [7, 11) is 0. The molecule has 19 heavy (non-hydrogen) atoms. The van der Waals surface area contributed by atoms with E-state index in [0.717, 1.165) is 51.5 Å². The number of carbonyl (C=O) groups is 1. The number of carboxylic acid groups (broad SMARTS) is 1. The second-order valence-electron chi connectivity index (χ2n) is 5.77. The molecular weight excluding hydrogens is 244 g/mol. The Bertz CT molecular complexity index is 272. The molecule has 0 bridgehead atoms. The van der Waals surface area contributed by atoms with Crippen molar-refractivity contribution < 1.29 is 14.6 Å². The van der Waals surface area contributed by atoms with Gasteiger partial charge in [-0.2, -0.15) is 0 Å². The molecule has 5 nitrogen and oxygen atoms in total. The molecule has 0 radical (unpaired) electrons. The van der Waals surface area contributed by atoms with Gasteiger partial charge < -0.3 is 20.1 Å². The predicted octanol–water partition coefficient (Wildman–Crippen LogP) is 1.78. The van der Waals surface area contributed by atoms with Gasteiger partial charge >= 0.3 is 6.09 Å². The molecule has 2 aliphatic rings. The second kappa shape index (κ2) is 7.70. The first-order chi connectivity index (χ1) is 9.25. The van der Waals surface area contributed by atoms with Gasteiger partial charge in [-0.25, -0.2) is 4.79 Å². The number of piperidine rings is 2. The van der Waals surface area contributed by atoms with E-state index >= 15 is 0 Å². The third-order valence-electron chi connectivity index (χ3n) is 4.37. The summed E-state index contributed by atoms with van der Waals surface area (Å²) in [6.07, 6.45) is 4.75. The van der Waals surface area contributed by atoms with Gasteiger partial charge in [0, 0.05) is 26.3 Å². The van der Waals surface area contributed by atoms with E-state index in [1.165, 1.54) is 17.7 Å². The van der Waals surface area contributed by atoms with E-state index in [1.54, 1.807) is 0 Å². The molecule has 2 saturated heterocycles. The Labute approximate surface area is 115 Å². The first-order valence-corrected chi connectivity index (χ1v) is 7.52. The number of ether oxygens (including phenoxy) is 1. The Morgan fingerprint density at radius 2 is 1.84 bits per heavy atom. The van der Waals surface area contributed by atoms with E-state index < -0.39 is 6.09 Å². The first-order valence-electron chi connectivity index (χ1n) is 7.52. The number of likely N-dealkylation sites (tertiary alicyclic amines) is 1. The van der Waals surface area contributed by atoms with Crippen LogP contribution in [0.5, 0.6) is 0 Å². The minimum absolute atomic E-state index is 0.642. The Morgan fingerprint density at radius 1 is 1.16 bits per heavy atom. The molecule has 2 N–H and O–H groups in total. The van der Waals surface area contributed by atoms with Crippen molar-refractivity contribution >= 4 is 6.09 Å². The van der Waals surface area contributed by atoms with Crippen molar-refractivity contribution in [2.75, 3.05) is 39.4 Å². The molecule has 0 aliphatic carbocycles. The van der Waals surface area contributed by atoms with Crippen LogP contribution in [0.15, 0.2) is 0 Å². The third kappa shape index (κ3) is 4.99. The Kier molecular flexibility index (Phi) is 5.92. The van der Waals surface area contributed by atoms with Crippen LogP contribution in [0.25, 0.3) is 0 Å². The maximum atomic E-state index is 10.8. The first kappa shape index (κ1) is 14.6. The van der Waals surface area contributed by atoms with Crippen LogP contribution in [-0.2, 0) is 4.74 Å². The summed E-state index contributed by atoms with van der Waals surface area (Å²) in [5, 5.41) is 12.2. The molecule has 0 saturated carbocycles. The van der Waals surface area contributed by atoms with Crippen molar-refractivity contribution in [1.82, 2.24) is 10.2 Å². The Morgan fingerprint density at radius 3 is 2.47 bits per heavy atom. The van der Waals surface area contributed by atoms with Crippen molar-refractivity contribution in [2.45, 2.75) is 32.1 Å². The normalized spacial score (nSPS) is 22.6. The number of amides is 1. The highest BCUT2D eigenvalue weighted by Gasteiger charge is 2.22. The van der Waals surface area contributed by atoms with Crippen LogP contribution in [0, 0.1) is 11.8 Å². The second-order valence-corrected chi connectivity index (χ2v) is 5.77. The summed E-state index contributed by atoms with van der Waals surface area (Å²) < 4.78 is 5.79. The SMILES string of the molecule is O=C(O)N1CCC(CCOCC2CCNCC2)CC1. The van der Waals surface area contributed by atoms with Crippen LogP contribution in [0.3, 0.4) is 0 Å². The lowest BCUT2D eigenvalue weighted by atomic mass is 9.94. The molecule has 0 aromatic carbocycles. The van der Waals surface area contributed by atoms with Crippen LogP contribution >= 0.6 is 0 Å². The molecule has 1 amide bonds. The summed E-state index contributed by atoms with van der Waals surface area (Å²) in [4.78, 5) is 12.3. The fourth-order valence-electron chi connectivity index (χ4n) is 2.96. The Balaban J connectivity index is 1.51.